The van der Waals surface area contributed by atoms with E-state index in [9.17, 15) is 0 Å². The minimum atomic E-state index is -0.337. The second-order valence-electron chi connectivity index (χ2n) is 6.85. The molecule has 0 aromatic carbocycles. The van der Waals surface area contributed by atoms with Crippen LogP contribution >= 0.6 is 23.4 Å². The van der Waals surface area contributed by atoms with E-state index in [0.29, 0.717) is 17.2 Å². The van der Waals surface area contributed by atoms with Gasteiger partial charge in [-0.25, -0.2) is 9.97 Å². The number of nitrogens with zero attached hydrogens (tertiary/aromatic N) is 2. The van der Waals surface area contributed by atoms with Gasteiger partial charge in [0.2, 0.25) is 0 Å². The highest BCUT2D eigenvalue weighted by molar-refractivity contribution is 7.98. The van der Waals surface area contributed by atoms with Gasteiger partial charge in [0.1, 0.15) is 10.8 Å². The number of hydrogen-bond acceptors (Lipinski definition) is 4. The Morgan fingerprint density at radius 3 is 2.52 bits per heavy atom. The molecule has 0 amide bonds. The molecule has 1 fully saturated rings. The Morgan fingerprint density at radius 1 is 1.14 bits per heavy atom. The smallest absolute Gasteiger partial charge is 0.162 e. The van der Waals surface area contributed by atoms with Gasteiger partial charge in [-0.3, -0.25) is 0 Å². The molecule has 0 spiro atoms. The van der Waals surface area contributed by atoms with E-state index in [4.69, 9.17) is 21.3 Å². The number of fused-ring (bicyclic) bond motifs is 1. The van der Waals surface area contributed by atoms with Crippen LogP contribution in [0.2, 0.25) is 5.15 Å². The average Bonchev–Trinajstić information content (AvgIpc) is 2.91. The second kappa shape index (κ2) is 5.71. The summed E-state index contributed by atoms with van der Waals surface area (Å²) in [6, 6.07) is 0. The zero-order valence-corrected chi connectivity index (χ0v) is 14.6. The maximum Gasteiger partial charge on any atom is 0.162 e. The zero-order chi connectivity index (χ0) is 15.1. The van der Waals surface area contributed by atoms with Crippen molar-refractivity contribution in [2.24, 2.45) is 5.41 Å². The van der Waals surface area contributed by atoms with Gasteiger partial charge in [0.05, 0.1) is 5.69 Å². The number of ether oxygens (including phenoxy) is 1. The molecule has 1 aliphatic heterocycles. The maximum atomic E-state index is 6.39. The molecule has 0 bridgehead atoms. The minimum Gasteiger partial charge on any atom is -0.367 e. The van der Waals surface area contributed by atoms with E-state index in [1.54, 1.807) is 0 Å². The molecule has 116 valence electrons. The van der Waals surface area contributed by atoms with Gasteiger partial charge in [0.15, 0.2) is 5.82 Å². The molecule has 2 aliphatic rings. The fraction of sp³-hybridized carbons (Fsp3) is 0.750. The fourth-order valence-corrected chi connectivity index (χ4v) is 4.63. The molecule has 0 N–H and O–H groups in total. The van der Waals surface area contributed by atoms with E-state index in [1.165, 1.54) is 0 Å². The van der Waals surface area contributed by atoms with Crippen LogP contribution in [0.4, 0.5) is 0 Å². The van der Waals surface area contributed by atoms with Gasteiger partial charge < -0.3 is 4.74 Å². The number of hydrogen-bond donors (Lipinski definition) is 0. The molecule has 1 aromatic rings. The van der Waals surface area contributed by atoms with E-state index in [0.717, 1.165) is 54.3 Å². The summed E-state index contributed by atoms with van der Waals surface area (Å²) in [5.74, 6) is 2.69. The Kier molecular flexibility index (Phi) is 4.23. The third kappa shape index (κ3) is 2.95. The lowest BCUT2D eigenvalue weighted by atomic mass is 9.70. The summed E-state index contributed by atoms with van der Waals surface area (Å²) >= 11 is 8.25. The summed E-state index contributed by atoms with van der Waals surface area (Å²) in [5, 5.41) is 0.629. The molecule has 0 saturated heterocycles. The molecular weight excluding hydrogens is 304 g/mol. The predicted molar refractivity (Wildman–Crippen MR) is 87.6 cm³/mol. The molecule has 0 atom stereocenters. The summed E-state index contributed by atoms with van der Waals surface area (Å²) in [5.41, 5.74) is 2.28. The fourth-order valence-electron chi connectivity index (χ4n) is 3.26. The second-order valence-corrected chi connectivity index (χ2v) is 8.19. The number of thioether (sulfide) groups is 1. The molecule has 0 radical (unpaired) electrons. The average molecular weight is 327 g/mol. The SMILES string of the molecule is CCOC1(c2nc(Cl)c3c(n2)CSC3)CCC(C)(C)CC1. The molecule has 1 saturated carbocycles. The van der Waals surface area contributed by atoms with Crippen molar-refractivity contribution in [2.45, 2.75) is 63.6 Å². The first kappa shape index (κ1) is 15.6. The maximum absolute atomic E-state index is 6.39. The summed E-state index contributed by atoms with van der Waals surface area (Å²) in [6.45, 7) is 7.39. The van der Waals surface area contributed by atoms with Gasteiger partial charge in [-0.2, -0.15) is 11.8 Å². The van der Waals surface area contributed by atoms with Crippen LogP contribution in [0.15, 0.2) is 0 Å². The van der Waals surface area contributed by atoms with Gasteiger partial charge in [-0.1, -0.05) is 25.4 Å². The van der Waals surface area contributed by atoms with Crippen molar-refractivity contribution in [3.05, 3.63) is 22.2 Å². The monoisotopic (exact) mass is 326 g/mol. The minimum absolute atomic E-state index is 0.337. The first-order valence-electron chi connectivity index (χ1n) is 7.73. The van der Waals surface area contributed by atoms with Crippen molar-refractivity contribution in [3.8, 4) is 0 Å². The Hall–Kier alpha value is -0.320. The molecule has 5 heteroatoms. The van der Waals surface area contributed by atoms with Crippen molar-refractivity contribution in [3.63, 3.8) is 0 Å². The van der Waals surface area contributed by atoms with Gasteiger partial charge in [-0.15, -0.1) is 0 Å². The predicted octanol–water partition coefficient (Wildman–Crippen LogP) is 4.71. The first-order valence-corrected chi connectivity index (χ1v) is 9.26. The number of aromatic nitrogens is 2. The Morgan fingerprint density at radius 2 is 1.86 bits per heavy atom. The van der Waals surface area contributed by atoms with Crippen molar-refractivity contribution in [2.75, 3.05) is 6.61 Å². The van der Waals surface area contributed by atoms with Gasteiger partial charge in [0, 0.05) is 23.7 Å². The van der Waals surface area contributed by atoms with Gasteiger partial charge in [0.25, 0.3) is 0 Å². The molecule has 2 heterocycles. The highest BCUT2D eigenvalue weighted by atomic mass is 35.5. The number of halogens is 1. The molecule has 1 aliphatic carbocycles. The lowest BCUT2D eigenvalue weighted by Crippen LogP contribution is -2.39. The molecule has 1 aromatic heterocycles. The highest BCUT2D eigenvalue weighted by Crippen LogP contribution is 2.47. The molecular formula is C16H23ClN2OS. The van der Waals surface area contributed by atoms with Crippen LogP contribution in [0.25, 0.3) is 0 Å². The third-order valence-corrected chi connectivity index (χ3v) is 6.05. The topological polar surface area (TPSA) is 35.0 Å². The number of rotatable bonds is 3. The lowest BCUT2D eigenvalue weighted by Gasteiger charge is -2.42. The molecule has 0 unspecified atom stereocenters. The van der Waals surface area contributed by atoms with Crippen molar-refractivity contribution < 1.29 is 4.74 Å². The van der Waals surface area contributed by atoms with E-state index in [2.05, 4.69) is 18.8 Å². The van der Waals surface area contributed by atoms with E-state index >= 15 is 0 Å². The van der Waals surface area contributed by atoms with E-state index in [-0.39, 0.29) is 5.60 Å². The summed E-state index contributed by atoms with van der Waals surface area (Å²) in [7, 11) is 0. The van der Waals surface area contributed by atoms with Crippen LogP contribution in [0.1, 0.15) is 63.5 Å². The Bertz CT molecular complexity index is 537. The summed E-state index contributed by atoms with van der Waals surface area (Å²) < 4.78 is 6.17. The Labute approximate surface area is 136 Å². The van der Waals surface area contributed by atoms with E-state index < -0.39 is 0 Å². The van der Waals surface area contributed by atoms with Gasteiger partial charge >= 0.3 is 0 Å². The van der Waals surface area contributed by atoms with Gasteiger partial charge in [-0.05, 0) is 38.0 Å². The summed E-state index contributed by atoms with van der Waals surface area (Å²) in [4.78, 5) is 9.46. The standard InChI is InChI=1S/C16H23ClN2OS/c1-4-20-16(7-5-15(2,3)6-8-16)14-18-12-10-21-9-11(12)13(17)19-14/h4-10H2,1-3H3. The zero-order valence-electron chi connectivity index (χ0n) is 13.0. The molecule has 3 rings (SSSR count). The van der Waals surface area contributed by atoms with Crippen molar-refractivity contribution in [1.82, 2.24) is 9.97 Å². The highest BCUT2D eigenvalue weighted by Gasteiger charge is 2.43. The van der Waals surface area contributed by atoms with Crippen LogP contribution in [0, 0.1) is 5.41 Å². The van der Waals surface area contributed by atoms with Crippen LogP contribution < -0.4 is 0 Å². The van der Waals surface area contributed by atoms with Crippen LogP contribution in [0.3, 0.4) is 0 Å². The largest absolute Gasteiger partial charge is 0.367 e. The normalized spacial score (nSPS) is 23.0. The quantitative estimate of drug-likeness (QED) is 0.753. The van der Waals surface area contributed by atoms with Crippen LogP contribution in [-0.4, -0.2) is 16.6 Å². The lowest BCUT2D eigenvalue weighted by molar-refractivity contribution is -0.0948. The van der Waals surface area contributed by atoms with Crippen LogP contribution in [-0.2, 0) is 21.8 Å². The van der Waals surface area contributed by atoms with Crippen LogP contribution in [0.5, 0.6) is 0 Å². The van der Waals surface area contributed by atoms with E-state index in [1.807, 2.05) is 18.7 Å². The summed E-state index contributed by atoms with van der Waals surface area (Å²) in [6.07, 6.45) is 4.24. The third-order valence-electron chi connectivity index (χ3n) is 4.77. The molecule has 21 heavy (non-hydrogen) atoms. The Balaban J connectivity index is 1.97. The van der Waals surface area contributed by atoms with Crippen molar-refractivity contribution in [1.29, 1.82) is 0 Å². The van der Waals surface area contributed by atoms with Crippen molar-refractivity contribution >= 4 is 23.4 Å². The first-order chi connectivity index (χ1) is 9.96. The molecule has 3 nitrogen and oxygen atoms in total.